The maximum absolute atomic E-state index is 14.4. The summed E-state index contributed by atoms with van der Waals surface area (Å²) in [4.78, 5) is 41.4. The standard InChI is InChI=1S/C39H51N3O7S3/c1-5-7-19-39(20-8-6-2)26-42(30-17-13-10-14-18-30)31-21-33(51-4)32(22-34(31)52(47,48)27-39)49-24-35(43)41-36(28-15-11-9-12-16-28)37(44)40-23-29(25-50-3)38(45)46/h9-18,21-22,29,36H,5-8,19-20,23-27H2,1-4H3,(H,40,44)(H,41,43)(H,45,46)/t29-,36-/m1/s1. The molecule has 0 radical (unpaired) electrons. The average Bonchev–Trinajstić information content (AvgIpc) is 3.24. The Morgan fingerprint density at radius 3 is 2.17 bits per heavy atom. The molecule has 0 saturated heterocycles. The highest BCUT2D eigenvalue weighted by Gasteiger charge is 2.42. The number of fused-ring (bicyclic) bond motifs is 1. The molecule has 0 unspecified atom stereocenters. The Kier molecular flexibility index (Phi) is 15.3. The minimum atomic E-state index is -3.79. The summed E-state index contributed by atoms with van der Waals surface area (Å²) in [7, 11) is -3.79. The molecule has 282 valence electrons. The van der Waals surface area contributed by atoms with Crippen LogP contribution in [0.1, 0.15) is 64.0 Å². The van der Waals surface area contributed by atoms with E-state index in [0.717, 1.165) is 44.2 Å². The number of carboxylic acid groups (broad SMARTS) is 1. The van der Waals surface area contributed by atoms with Crippen molar-refractivity contribution in [1.82, 2.24) is 10.6 Å². The van der Waals surface area contributed by atoms with Gasteiger partial charge in [0, 0.05) is 36.0 Å². The first-order valence-electron chi connectivity index (χ1n) is 17.7. The number of benzene rings is 3. The molecule has 3 aromatic carbocycles. The zero-order valence-electron chi connectivity index (χ0n) is 30.4. The molecule has 2 amide bonds. The Morgan fingerprint density at radius 1 is 0.962 bits per heavy atom. The van der Waals surface area contributed by atoms with E-state index in [-0.39, 0.29) is 22.9 Å². The molecule has 2 atom stereocenters. The van der Waals surface area contributed by atoms with Crippen molar-refractivity contribution in [2.75, 3.05) is 48.6 Å². The lowest BCUT2D eigenvalue weighted by Crippen LogP contribution is -2.44. The maximum Gasteiger partial charge on any atom is 0.309 e. The minimum Gasteiger partial charge on any atom is -0.483 e. The zero-order valence-corrected chi connectivity index (χ0v) is 32.9. The van der Waals surface area contributed by atoms with Crippen LogP contribution >= 0.6 is 23.5 Å². The van der Waals surface area contributed by atoms with Crippen molar-refractivity contribution < 1.29 is 32.6 Å². The summed E-state index contributed by atoms with van der Waals surface area (Å²) in [6.45, 7) is 4.25. The number of hydrogen-bond donors (Lipinski definition) is 3. The summed E-state index contributed by atoms with van der Waals surface area (Å²) in [6.07, 6.45) is 9.05. The zero-order chi connectivity index (χ0) is 37.7. The number of rotatable bonds is 19. The van der Waals surface area contributed by atoms with Gasteiger partial charge in [-0.3, -0.25) is 14.4 Å². The topological polar surface area (TPSA) is 142 Å². The van der Waals surface area contributed by atoms with Crippen LogP contribution in [0.4, 0.5) is 11.4 Å². The molecular weight excluding hydrogens is 719 g/mol. The fourth-order valence-corrected chi connectivity index (χ4v) is 9.94. The van der Waals surface area contributed by atoms with E-state index >= 15 is 0 Å². The molecule has 0 bridgehead atoms. The van der Waals surface area contributed by atoms with Crippen molar-refractivity contribution in [1.29, 1.82) is 0 Å². The fourth-order valence-electron chi connectivity index (χ4n) is 6.62. The molecule has 3 aromatic rings. The summed E-state index contributed by atoms with van der Waals surface area (Å²) in [5, 5.41) is 14.9. The summed E-state index contributed by atoms with van der Waals surface area (Å²) in [6, 6.07) is 20.8. The highest BCUT2D eigenvalue weighted by atomic mass is 32.2. The normalized spacial score (nSPS) is 15.8. The third-order valence-corrected chi connectivity index (χ3v) is 12.8. The van der Waals surface area contributed by atoms with E-state index in [1.807, 2.05) is 42.7 Å². The number of carboxylic acids is 1. The molecule has 10 nitrogen and oxygen atoms in total. The van der Waals surface area contributed by atoms with E-state index in [0.29, 0.717) is 28.4 Å². The molecule has 0 saturated carbocycles. The Morgan fingerprint density at radius 2 is 1.60 bits per heavy atom. The van der Waals surface area contributed by atoms with Crippen molar-refractivity contribution >= 4 is 62.5 Å². The number of para-hydroxylation sites is 1. The number of amides is 2. The maximum atomic E-state index is 14.4. The molecule has 1 heterocycles. The van der Waals surface area contributed by atoms with Crippen LogP contribution in [0.3, 0.4) is 0 Å². The highest BCUT2D eigenvalue weighted by molar-refractivity contribution is 7.98. The molecule has 0 aliphatic carbocycles. The van der Waals surface area contributed by atoms with Gasteiger partial charge in [0.1, 0.15) is 11.8 Å². The van der Waals surface area contributed by atoms with Crippen molar-refractivity contribution in [3.05, 3.63) is 78.4 Å². The minimum absolute atomic E-state index is 0.0163. The van der Waals surface area contributed by atoms with E-state index in [1.54, 1.807) is 42.7 Å². The third-order valence-electron chi connectivity index (χ3n) is 9.35. The molecule has 4 rings (SSSR count). The van der Waals surface area contributed by atoms with E-state index in [1.165, 1.54) is 23.5 Å². The Hall–Kier alpha value is -3.68. The number of hydrogen-bond acceptors (Lipinski definition) is 9. The SMILES string of the molecule is CCCCC1(CCCC)CN(c2ccccc2)c2cc(SC)c(OCC(=O)N[C@@H](C(=O)NC[C@H](CSC)C(=O)O)c3ccccc3)cc2S(=O)(=O)C1. The highest BCUT2D eigenvalue weighted by Crippen LogP contribution is 2.47. The predicted molar refractivity (Wildman–Crippen MR) is 211 cm³/mol. The lowest BCUT2D eigenvalue weighted by molar-refractivity contribution is -0.141. The number of carbonyl (C=O) groups excluding carboxylic acids is 2. The van der Waals surface area contributed by atoms with Gasteiger partial charge < -0.3 is 25.4 Å². The van der Waals surface area contributed by atoms with Crippen LogP contribution in [0.2, 0.25) is 0 Å². The first-order chi connectivity index (χ1) is 25.0. The second-order valence-corrected chi connectivity index (χ2v) is 17.0. The number of carbonyl (C=O) groups is 3. The van der Waals surface area contributed by atoms with Gasteiger partial charge in [-0.05, 0) is 49.1 Å². The predicted octanol–water partition coefficient (Wildman–Crippen LogP) is 7.12. The Bertz CT molecular complexity index is 1750. The van der Waals surface area contributed by atoms with Crippen LogP contribution in [0.5, 0.6) is 5.75 Å². The van der Waals surface area contributed by atoms with Crippen LogP contribution in [0, 0.1) is 11.3 Å². The number of ether oxygens (including phenoxy) is 1. The van der Waals surface area contributed by atoms with E-state index in [4.69, 9.17) is 4.74 Å². The lowest BCUT2D eigenvalue weighted by Gasteiger charge is -2.37. The number of sulfone groups is 1. The van der Waals surface area contributed by atoms with Gasteiger partial charge in [0.25, 0.3) is 5.91 Å². The van der Waals surface area contributed by atoms with E-state index in [2.05, 4.69) is 29.4 Å². The molecule has 1 aliphatic heterocycles. The van der Waals surface area contributed by atoms with Gasteiger partial charge in [-0.25, -0.2) is 8.42 Å². The van der Waals surface area contributed by atoms with Crippen molar-refractivity contribution in [3.8, 4) is 5.75 Å². The molecule has 52 heavy (non-hydrogen) atoms. The summed E-state index contributed by atoms with van der Waals surface area (Å²) >= 11 is 2.76. The van der Waals surface area contributed by atoms with Gasteiger partial charge in [0.2, 0.25) is 5.91 Å². The Labute approximate surface area is 316 Å². The quantitative estimate of drug-likeness (QED) is 0.108. The van der Waals surface area contributed by atoms with E-state index in [9.17, 15) is 27.9 Å². The first-order valence-corrected chi connectivity index (χ1v) is 22.0. The molecule has 0 fully saturated rings. The summed E-state index contributed by atoms with van der Waals surface area (Å²) < 4.78 is 34.9. The van der Waals surface area contributed by atoms with Crippen molar-refractivity contribution in [3.63, 3.8) is 0 Å². The van der Waals surface area contributed by atoms with Gasteiger partial charge in [-0.15, -0.1) is 11.8 Å². The first kappa shape index (κ1) is 41.1. The van der Waals surface area contributed by atoms with Crippen LogP contribution in [0.25, 0.3) is 0 Å². The number of unbranched alkanes of at least 4 members (excludes halogenated alkanes) is 2. The van der Waals surface area contributed by atoms with Crippen LogP contribution in [0.15, 0.2) is 82.6 Å². The van der Waals surface area contributed by atoms with Crippen molar-refractivity contribution in [2.45, 2.75) is 68.2 Å². The fraction of sp³-hybridized carbons (Fsp3) is 0.462. The Balaban J connectivity index is 1.64. The van der Waals surface area contributed by atoms with Crippen LogP contribution in [-0.2, 0) is 24.2 Å². The second kappa shape index (κ2) is 19.4. The van der Waals surface area contributed by atoms with Gasteiger partial charge in [-0.1, -0.05) is 88.1 Å². The number of aliphatic carboxylic acids is 1. The lowest BCUT2D eigenvalue weighted by atomic mass is 9.79. The summed E-state index contributed by atoms with van der Waals surface area (Å²) in [5.74, 6) is -2.36. The molecule has 3 N–H and O–H groups in total. The third kappa shape index (κ3) is 10.7. The van der Waals surface area contributed by atoms with Gasteiger partial charge in [0.05, 0.1) is 27.1 Å². The van der Waals surface area contributed by atoms with Gasteiger partial charge >= 0.3 is 5.97 Å². The van der Waals surface area contributed by atoms with Crippen molar-refractivity contribution in [2.24, 2.45) is 11.3 Å². The average molecular weight is 770 g/mol. The summed E-state index contributed by atoms with van der Waals surface area (Å²) in [5.41, 5.74) is 1.56. The number of nitrogens with zero attached hydrogens (tertiary/aromatic N) is 1. The monoisotopic (exact) mass is 769 g/mol. The van der Waals surface area contributed by atoms with E-state index < -0.39 is 51.6 Å². The van der Waals surface area contributed by atoms with Crippen LogP contribution < -0.4 is 20.3 Å². The number of thioether (sulfide) groups is 2. The van der Waals surface area contributed by atoms with Crippen LogP contribution in [-0.4, -0.2) is 75.0 Å². The second-order valence-electron chi connectivity index (χ2n) is 13.3. The molecule has 13 heteroatoms. The molecule has 0 aromatic heterocycles. The van der Waals surface area contributed by atoms with Gasteiger partial charge in [-0.2, -0.15) is 11.8 Å². The number of anilines is 2. The molecule has 1 aliphatic rings. The molecule has 0 spiro atoms. The number of nitrogens with one attached hydrogen (secondary N) is 2. The molecular formula is C39H51N3O7S3. The smallest absolute Gasteiger partial charge is 0.309 e. The largest absolute Gasteiger partial charge is 0.483 e. The van der Waals surface area contributed by atoms with Gasteiger partial charge in [0.15, 0.2) is 16.4 Å².